The standard InChI is InChI=1S/C68H121N2O7P/c1-7-10-13-16-19-22-25-28-29-30-31-32-33-34-35-36-37-38-39-40-41-43-46-49-52-55-58-61-68(72)77-66(59-56-53-50-47-44-27-24-21-18-15-12-9-3)65(64-76-78(73,74)75-63-62-70(4,5)6)69-67(71)60-57-54-51-48-45-42-26-23-20-17-14-11-8-2/h10,13,19,22,28-29,31-32,34-35,37-38,42,45,56,59,65-66H,7-9,11-12,14-18,20-21,23-27,30,33,36,39-41,43-44,46-55,57-58,60-64H2,1-6H3,(H-,69,71,73,74)/b13-10-,22-19-,29-28-,32-31-,35-34-,38-37-,45-42-,59-56-. The summed E-state index contributed by atoms with van der Waals surface area (Å²) in [5.74, 6) is -0.571. The highest BCUT2D eigenvalue weighted by Gasteiger charge is 2.27. The fraction of sp³-hybridized carbons (Fsp3) is 0.735. The quantitative estimate of drug-likeness (QED) is 0.0212. The maximum atomic E-state index is 13.5. The monoisotopic (exact) mass is 1110 g/mol. The number of allylic oxidation sites excluding steroid dienone is 15. The summed E-state index contributed by atoms with van der Waals surface area (Å²) in [4.78, 5) is 40.0. The summed E-state index contributed by atoms with van der Waals surface area (Å²) in [7, 11) is 1.16. The number of phosphoric acid groups is 1. The molecule has 0 aromatic heterocycles. The minimum absolute atomic E-state index is 0.0300. The number of hydrogen-bond donors (Lipinski definition) is 1. The molecular formula is C68H121N2O7P. The first-order valence-corrected chi connectivity index (χ1v) is 33.5. The Bertz CT molecular complexity index is 1660. The van der Waals surface area contributed by atoms with Gasteiger partial charge in [0.05, 0.1) is 33.8 Å². The summed E-state index contributed by atoms with van der Waals surface area (Å²) in [5, 5.41) is 3.01. The summed E-state index contributed by atoms with van der Waals surface area (Å²) in [5.41, 5.74) is 0. The van der Waals surface area contributed by atoms with Crippen LogP contribution in [0.1, 0.15) is 271 Å². The second-order valence-electron chi connectivity index (χ2n) is 22.5. The van der Waals surface area contributed by atoms with Crippen molar-refractivity contribution >= 4 is 19.7 Å². The molecule has 0 spiro atoms. The van der Waals surface area contributed by atoms with Gasteiger partial charge in [0.2, 0.25) is 5.91 Å². The van der Waals surface area contributed by atoms with Gasteiger partial charge in [-0.3, -0.25) is 14.2 Å². The van der Waals surface area contributed by atoms with E-state index in [4.69, 9.17) is 13.8 Å². The number of unbranched alkanes of at least 4 members (excludes halogenated alkanes) is 27. The van der Waals surface area contributed by atoms with Gasteiger partial charge in [-0.15, -0.1) is 0 Å². The Kier molecular flexibility index (Phi) is 54.9. The van der Waals surface area contributed by atoms with Gasteiger partial charge >= 0.3 is 5.97 Å². The molecule has 1 N–H and O–H groups in total. The number of amides is 1. The van der Waals surface area contributed by atoms with Crippen LogP contribution >= 0.6 is 7.82 Å². The number of nitrogens with one attached hydrogen (secondary N) is 1. The number of nitrogens with zero attached hydrogens (tertiary/aromatic N) is 1. The first-order valence-electron chi connectivity index (χ1n) is 32.0. The molecule has 450 valence electrons. The third kappa shape index (κ3) is 57.6. The minimum Gasteiger partial charge on any atom is -0.756 e. The minimum atomic E-state index is -4.71. The summed E-state index contributed by atoms with van der Waals surface area (Å²) < 4.78 is 30.3. The van der Waals surface area contributed by atoms with Gasteiger partial charge in [-0.25, -0.2) is 0 Å². The Morgan fingerprint density at radius 1 is 0.462 bits per heavy atom. The Hall–Kier alpha value is -3.07. The van der Waals surface area contributed by atoms with Crippen LogP contribution in [0, 0.1) is 0 Å². The van der Waals surface area contributed by atoms with Crippen LogP contribution < -0.4 is 10.2 Å². The van der Waals surface area contributed by atoms with Crippen LogP contribution in [0.4, 0.5) is 0 Å². The van der Waals surface area contributed by atoms with Crippen molar-refractivity contribution in [3.8, 4) is 0 Å². The number of likely N-dealkylation sites (N-methyl/N-ethyl adjacent to an activating group) is 1. The van der Waals surface area contributed by atoms with Gasteiger partial charge in [-0.2, -0.15) is 0 Å². The van der Waals surface area contributed by atoms with Gasteiger partial charge in [0.1, 0.15) is 19.3 Å². The first-order chi connectivity index (χ1) is 37.9. The highest BCUT2D eigenvalue weighted by Crippen LogP contribution is 2.38. The maximum Gasteiger partial charge on any atom is 0.306 e. The molecule has 0 aliphatic rings. The predicted octanol–water partition coefficient (Wildman–Crippen LogP) is 19.3. The van der Waals surface area contributed by atoms with E-state index in [-0.39, 0.29) is 24.9 Å². The van der Waals surface area contributed by atoms with Crippen molar-refractivity contribution in [2.75, 3.05) is 40.9 Å². The van der Waals surface area contributed by atoms with Crippen LogP contribution in [0.25, 0.3) is 0 Å². The van der Waals surface area contributed by atoms with Crippen LogP contribution in [-0.2, 0) is 27.9 Å². The lowest BCUT2D eigenvalue weighted by atomic mass is 10.0. The van der Waals surface area contributed by atoms with E-state index in [1.54, 1.807) is 0 Å². The topological polar surface area (TPSA) is 114 Å². The number of quaternary nitrogens is 1. The molecule has 10 heteroatoms. The Balaban J connectivity index is 5.13. The van der Waals surface area contributed by atoms with E-state index in [2.05, 4.69) is 111 Å². The van der Waals surface area contributed by atoms with Crippen LogP contribution in [0.5, 0.6) is 0 Å². The van der Waals surface area contributed by atoms with Crippen molar-refractivity contribution in [2.24, 2.45) is 0 Å². The molecule has 3 unspecified atom stereocenters. The molecule has 78 heavy (non-hydrogen) atoms. The molecule has 0 bridgehead atoms. The van der Waals surface area contributed by atoms with Crippen molar-refractivity contribution in [1.82, 2.24) is 5.32 Å². The van der Waals surface area contributed by atoms with Crippen LogP contribution in [0.15, 0.2) is 97.2 Å². The average molecular weight is 1110 g/mol. The van der Waals surface area contributed by atoms with Gasteiger partial charge in [-0.1, -0.05) is 247 Å². The Labute approximate surface area is 481 Å². The third-order valence-corrected chi connectivity index (χ3v) is 14.7. The van der Waals surface area contributed by atoms with E-state index in [1.807, 2.05) is 33.3 Å². The van der Waals surface area contributed by atoms with Crippen molar-refractivity contribution in [3.05, 3.63) is 97.2 Å². The van der Waals surface area contributed by atoms with Crippen molar-refractivity contribution < 1.29 is 37.3 Å². The summed E-state index contributed by atoms with van der Waals surface area (Å²) in [6, 6.07) is -0.904. The smallest absolute Gasteiger partial charge is 0.306 e. The largest absolute Gasteiger partial charge is 0.756 e. The van der Waals surface area contributed by atoms with Gasteiger partial charge in [0.15, 0.2) is 0 Å². The highest BCUT2D eigenvalue weighted by atomic mass is 31.2. The Morgan fingerprint density at radius 3 is 1.26 bits per heavy atom. The predicted molar refractivity (Wildman–Crippen MR) is 334 cm³/mol. The van der Waals surface area contributed by atoms with Crippen LogP contribution in [-0.4, -0.2) is 69.4 Å². The van der Waals surface area contributed by atoms with Crippen molar-refractivity contribution in [2.45, 2.75) is 283 Å². The summed E-state index contributed by atoms with van der Waals surface area (Å²) >= 11 is 0. The molecule has 0 heterocycles. The number of ether oxygens (including phenoxy) is 1. The van der Waals surface area contributed by atoms with Crippen molar-refractivity contribution in [3.63, 3.8) is 0 Å². The lowest BCUT2D eigenvalue weighted by Crippen LogP contribution is -2.47. The molecule has 9 nitrogen and oxygen atoms in total. The summed E-state index contributed by atoms with van der Waals surface area (Å²) in [6.45, 7) is 6.70. The maximum absolute atomic E-state index is 13.5. The molecule has 1 amide bonds. The molecule has 0 aliphatic carbocycles. The molecule has 0 aliphatic heterocycles. The zero-order valence-corrected chi connectivity index (χ0v) is 52.2. The number of esters is 1. The second kappa shape index (κ2) is 57.2. The zero-order chi connectivity index (χ0) is 57.2. The number of rotatable bonds is 57. The third-order valence-electron chi connectivity index (χ3n) is 13.7. The van der Waals surface area contributed by atoms with Gasteiger partial charge in [0, 0.05) is 12.8 Å². The molecular weight excluding hydrogens is 988 g/mol. The van der Waals surface area contributed by atoms with E-state index in [9.17, 15) is 19.0 Å². The van der Waals surface area contributed by atoms with E-state index in [0.717, 1.165) is 109 Å². The number of phosphoric ester groups is 1. The van der Waals surface area contributed by atoms with E-state index >= 15 is 0 Å². The molecule has 0 aromatic rings. The van der Waals surface area contributed by atoms with Crippen molar-refractivity contribution in [1.29, 1.82) is 0 Å². The van der Waals surface area contributed by atoms with Gasteiger partial charge in [0.25, 0.3) is 7.82 Å². The molecule has 0 saturated heterocycles. The number of carbonyl (C=O) groups is 2. The van der Waals surface area contributed by atoms with Crippen LogP contribution in [0.2, 0.25) is 0 Å². The first kappa shape index (κ1) is 74.9. The number of hydrogen-bond acceptors (Lipinski definition) is 7. The lowest BCUT2D eigenvalue weighted by Gasteiger charge is -2.30. The Morgan fingerprint density at radius 2 is 0.821 bits per heavy atom. The molecule has 3 atom stereocenters. The average Bonchev–Trinajstić information content (AvgIpc) is 3.40. The van der Waals surface area contributed by atoms with E-state index < -0.39 is 26.6 Å². The molecule has 0 aromatic carbocycles. The fourth-order valence-electron chi connectivity index (χ4n) is 8.81. The van der Waals surface area contributed by atoms with E-state index in [1.165, 1.54) is 116 Å². The van der Waals surface area contributed by atoms with Gasteiger partial charge < -0.3 is 28.5 Å². The van der Waals surface area contributed by atoms with Gasteiger partial charge in [-0.05, 0) is 109 Å². The summed E-state index contributed by atoms with van der Waals surface area (Å²) in [6.07, 6.45) is 76.7. The van der Waals surface area contributed by atoms with Crippen LogP contribution in [0.3, 0.4) is 0 Å². The van der Waals surface area contributed by atoms with E-state index in [0.29, 0.717) is 30.3 Å². The lowest BCUT2D eigenvalue weighted by molar-refractivity contribution is -0.870. The molecule has 0 saturated carbocycles. The second-order valence-corrected chi connectivity index (χ2v) is 23.9. The number of carbonyl (C=O) groups excluding carboxylic acids is 2. The zero-order valence-electron chi connectivity index (χ0n) is 51.3. The SMILES string of the molecule is CC/C=C\C/C=C\C/C=C\C/C=C\C/C=C\C/C=C\CCCCCCCCCCC(=O)OC(/C=C\CCCCCCCCCCCC)C(COP(=O)([O-])OCC[N+](C)(C)C)NC(=O)CCCCC/C=C\CCCCCCCC. The normalized spacial score (nSPS) is 14.3. The molecule has 0 rings (SSSR count). The highest BCUT2D eigenvalue weighted by molar-refractivity contribution is 7.45. The molecule has 0 radical (unpaired) electrons. The molecule has 0 fully saturated rings. The fourth-order valence-corrected chi connectivity index (χ4v) is 9.54.